The van der Waals surface area contributed by atoms with E-state index in [9.17, 15) is 48.3 Å². The zero-order valence-corrected chi connectivity index (χ0v) is 21.4. The molecule has 3 nitrogen and oxygen atoms in total. The maximum atomic E-state index is 13.5. The van der Waals surface area contributed by atoms with Gasteiger partial charge in [0.15, 0.2) is 0 Å². The van der Waals surface area contributed by atoms with Crippen LogP contribution in [-0.2, 0) is 27.1 Å². The third-order valence-corrected chi connectivity index (χ3v) is 5.57. The standard InChI is InChI=1S/C25H33F11O3/c1-2-3-4-5-6-8-11-19-13-15-20(16-14-19)12-9-7-10-17-37-18-21(26,27)38-24(33,34)25(35,36)39-23(31,32)22(28,29)30/h13-16H,2-12,17-18H2,1H3. The lowest BCUT2D eigenvalue weighted by atomic mass is 10.0. The molecule has 0 bridgehead atoms. The molecule has 0 amide bonds. The number of ether oxygens (including phenoxy) is 3. The lowest BCUT2D eigenvalue weighted by Crippen LogP contribution is -2.55. The first-order valence-electron chi connectivity index (χ1n) is 12.6. The van der Waals surface area contributed by atoms with Crippen LogP contribution in [0.2, 0.25) is 0 Å². The molecule has 0 saturated carbocycles. The van der Waals surface area contributed by atoms with Gasteiger partial charge in [-0.2, -0.15) is 48.3 Å². The highest BCUT2D eigenvalue weighted by atomic mass is 19.4. The second-order valence-corrected chi connectivity index (χ2v) is 9.09. The van der Waals surface area contributed by atoms with E-state index >= 15 is 0 Å². The van der Waals surface area contributed by atoms with Gasteiger partial charge in [-0.3, -0.25) is 0 Å². The van der Waals surface area contributed by atoms with E-state index in [0.717, 1.165) is 18.4 Å². The molecule has 0 radical (unpaired) electrons. The highest BCUT2D eigenvalue weighted by Gasteiger charge is 2.72. The molecule has 1 rings (SSSR count). The molecule has 228 valence electrons. The Bertz CT molecular complexity index is 812. The molecule has 39 heavy (non-hydrogen) atoms. The first-order chi connectivity index (χ1) is 17.9. The molecule has 14 heteroatoms. The number of aryl methyl sites for hydroxylation is 2. The molecule has 0 saturated heterocycles. The molecule has 1 aromatic carbocycles. The number of halogens is 11. The molecule has 0 aliphatic carbocycles. The van der Waals surface area contributed by atoms with Gasteiger partial charge in [-0.25, -0.2) is 9.47 Å². The number of unbranched alkanes of at least 4 members (excludes halogenated alkanes) is 7. The first kappa shape index (κ1) is 35.4. The van der Waals surface area contributed by atoms with Crippen LogP contribution in [-0.4, -0.2) is 43.8 Å². The number of hydrogen-bond donors (Lipinski definition) is 0. The van der Waals surface area contributed by atoms with Crippen LogP contribution in [0.5, 0.6) is 0 Å². The Morgan fingerprint density at radius 1 is 0.538 bits per heavy atom. The van der Waals surface area contributed by atoms with E-state index in [0.29, 0.717) is 19.3 Å². The molecule has 0 atom stereocenters. The highest BCUT2D eigenvalue weighted by molar-refractivity contribution is 5.22. The monoisotopic (exact) mass is 590 g/mol. The molecule has 0 heterocycles. The van der Waals surface area contributed by atoms with Crippen LogP contribution >= 0.6 is 0 Å². The Kier molecular flexibility index (Phi) is 13.9. The van der Waals surface area contributed by atoms with Gasteiger partial charge in [-0.05, 0) is 43.2 Å². The zero-order valence-electron chi connectivity index (χ0n) is 21.4. The molecule has 0 aliphatic heterocycles. The van der Waals surface area contributed by atoms with Crippen molar-refractivity contribution >= 4 is 0 Å². The number of alkyl halides is 11. The van der Waals surface area contributed by atoms with E-state index in [1.54, 1.807) is 4.74 Å². The quantitative estimate of drug-likeness (QED) is 0.112. The van der Waals surface area contributed by atoms with Crippen LogP contribution < -0.4 is 0 Å². The van der Waals surface area contributed by atoms with Crippen molar-refractivity contribution in [1.29, 1.82) is 0 Å². The summed E-state index contributed by atoms with van der Waals surface area (Å²) in [6.07, 6.45) is -21.8. The van der Waals surface area contributed by atoms with Gasteiger partial charge in [-0.1, -0.05) is 69.7 Å². The van der Waals surface area contributed by atoms with Crippen molar-refractivity contribution in [2.24, 2.45) is 0 Å². The van der Waals surface area contributed by atoms with Crippen molar-refractivity contribution in [3.8, 4) is 0 Å². The summed E-state index contributed by atoms with van der Waals surface area (Å²) in [6, 6.07) is 8.07. The molecule has 0 N–H and O–H groups in total. The maximum Gasteiger partial charge on any atom is 0.483 e. The van der Waals surface area contributed by atoms with Crippen LogP contribution in [0.25, 0.3) is 0 Å². The van der Waals surface area contributed by atoms with E-state index in [1.807, 2.05) is 24.3 Å². The normalized spacial score (nSPS) is 13.7. The molecule has 0 fully saturated rings. The fourth-order valence-corrected chi connectivity index (χ4v) is 3.44. The SMILES string of the molecule is CCCCCCCCc1ccc(CCCCCOCC(F)(F)OC(F)(F)C(F)(F)OC(F)(F)C(F)(F)F)cc1. The van der Waals surface area contributed by atoms with E-state index in [-0.39, 0.29) is 6.42 Å². The van der Waals surface area contributed by atoms with Crippen molar-refractivity contribution in [3.05, 3.63) is 35.4 Å². The second kappa shape index (κ2) is 15.4. The summed E-state index contributed by atoms with van der Waals surface area (Å²) >= 11 is 0. The van der Waals surface area contributed by atoms with Crippen molar-refractivity contribution in [2.75, 3.05) is 13.2 Å². The van der Waals surface area contributed by atoms with Gasteiger partial charge in [0.25, 0.3) is 0 Å². The van der Waals surface area contributed by atoms with Crippen molar-refractivity contribution in [1.82, 2.24) is 0 Å². The molecule has 0 aromatic heterocycles. The Morgan fingerprint density at radius 2 is 0.974 bits per heavy atom. The highest BCUT2D eigenvalue weighted by Crippen LogP contribution is 2.47. The largest absolute Gasteiger partial charge is 0.483 e. The fourth-order valence-electron chi connectivity index (χ4n) is 3.44. The Morgan fingerprint density at radius 3 is 1.46 bits per heavy atom. The number of benzene rings is 1. The molecule has 0 unspecified atom stereocenters. The van der Waals surface area contributed by atoms with E-state index in [4.69, 9.17) is 0 Å². The number of hydrogen-bond acceptors (Lipinski definition) is 3. The molecule has 0 spiro atoms. The molecular formula is C25H33F11O3. The topological polar surface area (TPSA) is 27.7 Å². The maximum absolute atomic E-state index is 13.5. The summed E-state index contributed by atoms with van der Waals surface area (Å²) in [6.45, 7) is -0.214. The fraction of sp³-hybridized carbons (Fsp3) is 0.760. The third-order valence-electron chi connectivity index (χ3n) is 5.57. The van der Waals surface area contributed by atoms with E-state index in [2.05, 4.69) is 16.4 Å². The summed E-state index contributed by atoms with van der Waals surface area (Å²) in [4.78, 5) is 0. The average molecular weight is 591 g/mol. The van der Waals surface area contributed by atoms with Gasteiger partial charge < -0.3 is 4.74 Å². The molecular weight excluding hydrogens is 557 g/mol. The Balaban J connectivity index is 2.31. The van der Waals surface area contributed by atoms with Gasteiger partial charge in [0.2, 0.25) is 0 Å². The summed E-state index contributed by atoms with van der Waals surface area (Å²) in [5.74, 6) is 0. The van der Waals surface area contributed by atoms with Gasteiger partial charge in [0.1, 0.15) is 6.61 Å². The summed E-state index contributed by atoms with van der Waals surface area (Å²) < 4.78 is 149. The summed E-state index contributed by atoms with van der Waals surface area (Å²) in [5.41, 5.74) is 2.29. The predicted molar refractivity (Wildman–Crippen MR) is 120 cm³/mol. The van der Waals surface area contributed by atoms with Crippen LogP contribution in [0.4, 0.5) is 48.3 Å². The number of rotatable bonds is 20. The molecule has 1 aromatic rings. The lowest BCUT2D eigenvalue weighted by molar-refractivity contribution is -0.537. The van der Waals surface area contributed by atoms with Gasteiger partial charge in [0, 0.05) is 6.61 Å². The van der Waals surface area contributed by atoms with Crippen molar-refractivity contribution in [2.45, 2.75) is 108 Å². The average Bonchev–Trinajstić information content (AvgIpc) is 2.79. The predicted octanol–water partition coefficient (Wildman–Crippen LogP) is 9.29. The zero-order chi connectivity index (χ0) is 29.8. The lowest BCUT2D eigenvalue weighted by Gasteiger charge is -2.31. The first-order valence-corrected chi connectivity index (χ1v) is 12.6. The van der Waals surface area contributed by atoms with Crippen LogP contribution in [0.15, 0.2) is 24.3 Å². The van der Waals surface area contributed by atoms with E-state index in [1.165, 1.54) is 37.7 Å². The van der Waals surface area contributed by atoms with E-state index < -0.39 is 43.8 Å². The van der Waals surface area contributed by atoms with Crippen molar-refractivity contribution < 1.29 is 62.5 Å². The van der Waals surface area contributed by atoms with Gasteiger partial charge in [0.05, 0.1) is 0 Å². The Labute approximate surface area is 220 Å². The second-order valence-electron chi connectivity index (χ2n) is 9.09. The van der Waals surface area contributed by atoms with Crippen molar-refractivity contribution in [3.63, 3.8) is 0 Å². The smallest absolute Gasteiger partial charge is 0.372 e. The Hall–Kier alpha value is -1.67. The van der Waals surface area contributed by atoms with Crippen LogP contribution in [0, 0.1) is 0 Å². The summed E-state index contributed by atoms with van der Waals surface area (Å²) in [5, 5.41) is 0. The van der Waals surface area contributed by atoms with Gasteiger partial charge in [-0.15, -0.1) is 0 Å². The minimum absolute atomic E-state index is 0.194. The summed E-state index contributed by atoms with van der Waals surface area (Å²) in [7, 11) is 0. The minimum atomic E-state index is -6.81. The van der Waals surface area contributed by atoms with Crippen LogP contribution in [0.3, 0.4) is 0 Å². The van der Waals surface area contributed by atoms with Crippen LogP contribution in [0.1, 0.15) is 75.8 Å². The van der Waals surface area contributed by atoms with Gasteiger partial charge >= 0.3 is 30.6 Å². The minimum Gasteiger partial charge on any atom is -0.372 e. The third kappa shape index (κ3) is 13.0. The molecule has 0 aliphatic rings.